The van der Waals surface area contributed by atoms with Gasteiger partial charge in [-0.25, -0.2) is 0 Å². The van der Waals surface area contributed by atoms with Gasteiger partial charge in [0.25, 0.3) is 0 Å². The molecule has 1 N–H and O–H groups in total. The van der Waals surface area contributed by atoms with E-state index in [4.69, 9.17) is 9.47 Å². The highest BCUT2D eigenvalue weighted by Gasteiger charge is 2.07. The Morgan fingerprint density at radius 3 is 1.83 bits per heavy atom. The zero-order valence-electron chi connectivity index (χ0n) is 14.0. The third-order valence-corrected chi connectivity index (χ3v) is 3.23. The average Bonchev–Trinajstić information content (AvgIpc) is 2.49. The van der Waals surface area contributed by atoms with Crippen LogP contribution in [-0.4, -0.2) is 12.0 Å². The van der Waals surface area contributed by atoms with E-state index >= 15 is 0 Å². The fourth-order valence-corrected chi connectivity index (χ4v) is 2.21. The van der Waals surface area contributed by atoms with Crippen LogP contribution in [0.3, 0.4) is 0 Å². The molecular formula is C19H23NO3. The molecule has 1 atom stereocenters. The van der Waals surface area contributed by atoms with Crippen molar-refractivity contribution in [3.05, 3.63) is 54.1 Å². The second-order valence-corrected chi connectivity index (χ2v) is 5.73. The van der Waals surface area contributed by atoms with Gasteiger partial charge in [-0.05, 0) is 62.7 Å². The van der Waals surface area contributed by atoms with Gasteiger partial charge in [-0.2, -0.15) is 0 Å². The minimum atomic E-state index is -0.0402. The summed E-state index contributed by atoms with van der Waals surface area (Å²) in [7, 11) is 0. The zero-order chi connectivity index (χ0) is 16.8. The maximum atomic E-state index is 11.1. The van der Waals surface area contributed by atoms with Crippen molar-refractivity contribution in [3.63, 3.8) is 0 Å². The highest BCUT2D eigenvalue weighted by atomic mass is 16.5. The normalized spacial score (nSPS) is 11.9. The molecule has 1 amide bonds. The van der Waals surface area contributed by atoms with Crippen LogP contribution in [0.2, 0.25) is 0 Å². The minimum absolute atomic E-state index is 0.0194. The number of nitrogens with one attached hydrogen (secondary N) is 1. The second kappa shape index (κ2) is 7.68. The number of rotatable bonds is 6. The Kier molecular flexibility index (Phi) is 5.63. The first-order valence-corrected chi connectivity index (χ1v) is 7.75. The van der Waals surface area contributed by atoms with E-state index in [0.29, 0.717) is 0 Å². The molecule has 0 radical (unpaired) electrons. The second-order valence-electron chi connectivity index (χ2n) is 5.73. The molecule has 0 spiro atoms. The van der Waals surface area contributed by atoms with Gasteiger partial charge in [-0.15, -0.1) is 0 Å². The van der Waals surface area contributed by atoms with E-state index in [9.17, 15) is 4.79 Å². The van der Waals surface area contributed by atoms with Crippen LogP contribution in [0.1, 0.15) is 39.3 Å². The van der Waals surface area contributed by atoms with Crippen molar-refractivity contribution >= 4 is 5.91 Å². The first-order valence-electron chi connectivity index (χ1n) is 7.75. The molecule has 0 aliphatic heterocycles. The molecule has 0 saturated heterocycles. The molecule has 0 fully saturated rings. The van der Waals surface area contributed by atoms with Crippen molar-refractivity contribution in [1.82, 2.24) is 5.32 Å². The van der Waals surface area contributed by atoms with E-state index in [1.807, 2.05) is 69.3 Å². The van der Waals surface area contributed by atoms with Gasteiger partial charge in [0, 0.05) is 6.92 Å². The standard InChI is InChI=1S/C19H23NO3/c1-13(2)22-17-9-11-19(12-10-17)23-18-7-5-16(6-8-18)14(3)20-15(4)21/h5-14H,1-4H3,(H,20,21). The molecule has 23 heavy (non-hydrogen) atoms. The van der Waals surface area contributed by atoms with E-state index in [2.05, 4.69) is 5.32 Å². The maximum Gasteiger partial charge on any atom is 0.217 e. The predicted octanol–water partition coefficient (Wildman–Crippen LogP) is 4.46. The van der Waals surface area contributed by atoms with Crippen LogP contribution in [0.15, 0.2) is 48.5 Å². The molecular weight excluding hydrogens is 290 g/mol. The summed E-state index contributed by atoms with van der Waals surface area (Å²) < 4.78 is 11.4. The lowest BCUT2D eigenvalue weighted by Crippen LogP contribution is -2.23. The molecule has 2 aromatic rings. The zero-order valence-corrected chi connectivity index (χ0v) is 14.0. The molecule has 2 aromatic carbocycles. The number of carbonyl (C=O) groups excluding carboxylic acids is 1. The fraction of sp³-hybridized carbons (Fsp3) is 0.316. The first-order chi connectivity index (χ1) is 10.9. The van der Waals surface area contributed by atoms with Gasteiger partial charge in [0.1, 0.15) is 17.2 Å². The number of hydrogen-bond acceptors (Lipinski definition) is 3. The van der Waals surface area contributed by atoms with E-state index < -0.39 is 0 Å². The lowest BCUT2D eigenvalue weighted by atomic mass is 10.1. The number of amides is 1. The maximum absolute atomic E-state index is 11.1. The third kappa shape index (κ3) is 5.33. The quantitative estimate of drug-likeness (QED) is 0.856. The molecule has 0 aliphatic rings. The predicted molar refractivity (Wildman–Crippen MR) is 91.0 cm³/mol. The van der Waals surface area contributed by atoms with E-state index in [1.54, 1.807) is 0 Å². The monoisotopic (exact) mass is 313 g/mol. The summed E-state index contributed by atoms with van der Waals surface area (Å²) in [5.74, 6) is 2.29. The van der Waals surface area contributed by atoms with E-state index in [-0.39, 0.29) is 18.1 Å². The van der Waals surface area contributed by atoms with Gasteiger partial charge in [0.15, 0.2) is 0 Å². The van der Waals surface area contributed by atoms with Crippen LogP contribution in [0.4, 0.5) is 0 Å². The van der Waals surface area contributed by atoms with Crippen LogP contribution >= 0.6 is 0 Å². The van der Waals surface area contributed by atoms with Crippen LogP contribution < -0.4 is 14.8 Å². The minimum Gasteiger partial charge on any atom is -0.491 e. The van der Waals surface area contributed by atoms with Crippen molar-refractivity contribution < 1.29 is 14.3 Å². The Morgan fingerprint density at radius 1 is 0.870 bits per heavy atom. The Morgan fingerprint density at radius 2 is 1.35 bits per heavy atom. The molecule has 2 rings (SSSR count). The Balaban J connectivity index is 1.99. The summed E-state index contributed by atoms with van der Waals surface area (Å²) in [5, 5.41) is 2.86. The van der Waals surface area contributed by atoms with Gasteiger partial charge in [0.05, 0.1) is 12.1 Å². The molecule has 4 nitrogen and oxygen atoms in total. The van der Waals surface area contributed by atoms with Gasteiger partial charge >= 0.3 is 0 Å². The SMILES string of the molecule is CC(=O)NC(C)c1ccc(Oc2ccc(OC(C)C)cc2)cc1. The third-order valence-electron chi connectivity index (χ3n) is 3.23. The van der Waals surface area contributed by atoms with Crippen LogP contribution in [0.25, 0.3) is 0 Å². The first kappa shape index (κ1) is 16.9. The van der Waals surface area contributed by atoms with Crippen LogP contribution in [0.5, 0.6) is 17.2 Å². The van der Waals surface area contributed by atoms with Gasteiger partial charge in [-0.1, -0.05) is 12.1 Å². The van der Waals surface area contributed by atoms with Gasteiger partial charge in [-0.3, -0.25) is 4.79 Å². The molecule has 0 heterocycles. The van der Waals surface area contributed by atoms with Crippen molar-refractivity contribution in [2.24, 2.45) is 0 Å². The Hall–Kier alpha value is -2.49. The number of ether oxygens (including phenoxy) is 2. The summed E-state index contributed by atoms with van der Waals surface area (Å²) in [6.45, 7) is 7.45. The molecule has 0 saturated carbocycles. The summed E-state index contributed by atoms with van der Waals surface area (Å²) in [4.78, 5) is 11.1. The van der Waals surface area contributed by atoms with E-state index in [1.165, 1.54) is 6.92 Å². The number of hydrogen-bond donors (Lipinski definition) is 1. The molecule has 0 aliphatic carbocycles. The lowest BCUT2D eigenvalue weighted by molar-refractivity contribution is -0.119. The summed E-state index contributed by atoms with van der Waals surface area (Å²) in [5.41, 5.74) is 1.04. The topological polar surface area (TPSA) is 47.6 Å². The summed E-state index contributed by atoms with van der Waals surface area (Å²) >= 11 is 0. The number of carbonyl (C=O) groups is 1. The smallest absolute Gasteiger partial charge is 0.217 e. The highest BCUT2D eigenvalue weighted by Crippen LogP contribution is 2.25. The van der Waals surface area contributed by atoms with Crippen molar-refractivity contribution in [2.75, 3.05) is 0 Å². The highest BCUT2D eigenvalue weighted by molar-refractivity contribution is 5.73. The summed E-state index contributed by atoms with van der Waals surface area (Å²) in [6.07, 6.45) is 0.153. The molecule has 122 valence electrons. The Bertz CT molecular complexity index is 633. The van der Waals surface area contributed by atoms with Crippen molar-refractivity contribution in [2.45, 2.75) is 39.8 Å². The average molecular weight is 313 g/mol. The van der Waals surface area contributed by atoms with Crippen LogP contribution in [-0.2, 0) is 4.79 Å². The fourth-order valence-electron chi connectivity index (χ4n) is 2.21. The Labute approximate surface area is 137 Å². The van der Waals surface area contributed by atoms with Crippen LogP contribution in [0, 0.1) is 0 Å². The molecule has 0 aromatic heterocycles. The largest absolute Gasteiger partial charge is 0.491 e. The molecule has 0 bridgehead atoms. The number of benzene rings is 2. The molecule has 1 unspecified atom stereocenters. The van der Waals surface area contributed by atoms with Crippen molar-refractivity contribution in [3.8, 4) is 17.2 Å². The summed E-state index contributed by atoms with van der Waals surface area (Å²) in [6, 6.07) is 15.2. The van der Waals surface area contributed by atoms with E-state index in [0.717, 1.165) is 22.8 Å². The van der Waals surface area contributed by atoms with Crippen molar-refractivity contribution in [1.29, 1.82) is 0 Å². The van der Waals surface area contributed by atoms with Gasteiger partial charge in [0.2, 0.25) is 5.91 Å². The molecule has 4 heteroatoms. The van der Waals surface area contributed by atoms with Gasteiger partial charge < -0.3 is 14.8 Å². The lowest BCUT2D eigenvalue weighted by Gasteiger charge is -2.14.